The normalized spacial score (nSPS) is 15.9. The first-order valence-electron chi connectivity index (χ1n) is 8.78. The van der Waals surface area contributed by atoms with Crippen LogP contribution in [0.1, 0.15) is 19.4 Å². The minimum Gasteiger partial charge on any atom is -0.374 e. The van der Waals surface area contributed by atoms with Crippen molar-refractivity contribution in [1.29, 1.82) is 0 Å². The van der Waals surface area contributed by atoms with Gasteiger partial charge >= 0.3 is 0 Å². The lowest BCUT2D eigenvalue weighted by atomic mass is 10.1. The number of ether oxygens (including phenoxy) is 1. The van der Waals surface area contributed by atoms with E-state index in [9.17, 15) is 4.79 Å². The second-order valence-electron chi connectivity index (χ2n) is 6.79. The van der Waals surface area contributed by atoms with E-state index < -0.39 is 11.6 Å². The smallest absolute Gasteiger partial charge is 0.241 e. The van der Waals surface area contributed by atoms with E-state index in [1.807, 2.05) is 30.3 Å². The Balaban J connectivity index is 2.21. The molecule has 0 bridgehead atoms. The third kappa shape index (κ3) is 6.30. The number of hydrazone groups is 2. The lowest BCUT2D eigenvalue weighted by Crippen LogP contribution is -2.57. The average molecular weight is 439 g/mol. The fraction of sp³-hybridized carbons (Fsp3) is 0.316. The van der Waals surface area contributed by atoms with E-state index in [1.54, 1.807) is 26.0 Å². The summed E-state index contributed by atoms with van der Waals surface area (Å²) in [5.41, 5.74) is 0.423. The molecule has 0 radical (unpaired) electrons. The second-order valence-corrected chi connectivity index (χ2v) is 7.37. The van der Waals surface area contributed by atoms with Gasteiger partial charge in [-0.25, -0.2) is 9.84 Å². The minimum atomic E-state index is -1.04. The molecule has 1 heterocycles. The second kappa shape index (κ2) is 10.4. The summed E-state index contributed by atoms with van der Waals surface area (Å²) in [7, 11) is 0. The number of hydrogen-bond donors (Lipinski definition) is 3. The summed E-state index contributed by atoms with van der Waals surface area (Å²) in [6.45, 7) is 7.59. The lowest BCUT2D eigenvalue weighted by Gasteiger charge is -2.31. The van der Waals surface area contributed by atoms with Crippen molar-refractivity contribution < 1.29 is 9.53 Å². The molecule has 2 rings (SSSR count). The van der Waals surface area contributed by atoms with Crippen LogP contribution < -0.4 is 16.0 Å². The molecule has 8 nitrogen and oxygen atoms in total. The molecule has 29 heavy (non-hydrogen) atoms. The van der Waals surface area contributed by atoms with Gasteiger partial charge in [-0.3, -0.25) is 4.79 Å². The molecule has 1 unspecified atom stereocenters. The molecule has 1 amide bonds. The van der Waals surface area contributed by atoms with Gasteiger partial charge in [0.1, 0.15) is 16.8 Å². The van der Waals surface area contributed by atoms with Gasteiger partial charge in [-0.2, -0.15) is 10.2 Å². The fourth-order valence-corrected chi connectivity index (χ4v) is 2.57. The van der Waals surface area contributed by atoms with Crippen molar-refractivity contribution in [3.05, 3.63) is 60.3 Å². The van der Waals surface area contributed by atoms with Gasteiger partial charge in [0.2, 0.25) is 5.91 Å². The number of amidine groups is 1. The highest BCUT2D eigenvalue weighted by Gasteiger charge is 2.33. The zero-order valence-electron chi connectivity index (χ0n) is 16.2. The molecule has 10 heteroatoms. The zero-order chi connectivity index (χ0) is 21.4. The lowest BCUT2D eigenvalue weighted by molar-refractivity contribution is -0.126. The van der Waals surface area contributed by atoms with Crippen molar-refractivity contribution in [2.45, 2.75) is 32.0 Å². The summed E-state index contributed by atoms with van der Waals surface area (Å²) in [5.74, 6) is 5.47. The van der Waals surface area contributed by atoms with E-state index in [4.69, 9.17) is 34.0 Å². The Labute approximate surface area is 180 Å². The van der Waals surface area contributed by atoms with E-state index in [2.05, 4.69) is 26.9 Å². The van der Waals surface area contributed by atoms with Crippen molar-refractivity contribution in [3.63, 3.8) is 0 Å². The van der Waals surface area contributed by atoms with E-state index in [-0.39, 0.29) is 23.5 Å². The van der Waals surface area contributed by atoms with Crippen LogP contribution in [0.2, 0.25) is 0 Å². The molecule has 156 valence electrons. The monoisotopic (exact) mass is 438 g/mol. The molecule has 0 saturated carbocycles. The number of rotatable bonds is 8. The Bertz CT molecular complexity index is 823. The van der Waals surface area contributed by atoms with Crippen molar-refractivity contribution in [1.82, 2.24) is 15.2 Å². The largest absolute Gasteiger partial charge is 0.374 e. The van der Waals surface area contributed by atoms with Crippen LogP contribution in [0.5, 0.6) is 0 Å². The number of amides is 1. The molecule has 0 spiro atoms. The van der Waals surface area contributed by atoms with Gasteiger partial charge in [0.25, 0.3) is 0 Å². The Kier molecular flexibility index (Phi) is 8.21. The number of nitrogens with two attached hydrogens (primary N) is 1. The SMILES string of the molecule is C=C1C=CC(Cl)=NN1/C(=N\N)C(COCc1ccccc1)NC(=O)C(C)(C)NCl. The summed E-state index contributed by atoms with van der Waals surface area (Å²) in [6, 6.07) is 8.89. The van der Waals surface area contributed by atoms with Crippen LogP contribution in [-0.4, -0.2) is 40.1 Å². The first kappa shape index (κ1) is 22.9. The number of carbonyl (C=O) groups is 1. The molecule has 1 atom stereocenters. The van der Waals surface area contributed by atoms with Crippen LogP contribution in [0.15, 0.2) is 65.0 Å². The summed E-state index contributed by atoms with van der Waals surface area (Å²) in [6.07, 6.45) is 3.25. The predicted octanol–water partition coefficient (Wildman–Crippen LogP) is 2.42. The zero-order valence-corrected chi connectivity index (χ0v) is 17.7. The van der Waals surface area contributed by atoms with Crippen LogP contribution >= 0.6 is 23.4 Å². The van der Waals surface area contributed by atoms with Crippen molar-refractivity contribution >= 4 is 40.3 Å². The van der Waals surface area contributed by atoms with Crippen LogP contribution in [0.25, 0.3) is 0 Å². The molecule has 0 saturated heterocycles. The van der Waals surface area contributed by atoms with E-state index in [1.165, 1.54) is 5.01 Å². The maximum Gasteiger partial charge on any atom is 0.241 e. The maximum absolute atomic E-state index is 12.7. The molecule has 0 fully saturated rings. The summed E-state index contributed by atoms with van der Waals surface area (Å²) < 4.78 is 5.80. The number of hydrogen-bond acceptors (Lipinski definition) is 6. The van der Waals surface area contributed by atoms with Gasteiger partial charge in [0, 0.05) is 0 Å². The third-order valence-electron chi connectivity index (χ3n) is 4.05. The molecule has 1 aromatic carbocycles. The average Bonchev–Trinajstić information content (AvgIpc) is 2.71. The maximum atomic E-state index is 12.7. The standard InChI is InChI=1S/C19H24Cl2N6O2/c1-13-9-10-16(20)25-27(13)17(24-22)15(23-18(28)19(2,3)26-21)12-29-11-14-7-5-4-6-8-14/h4-10,15,26H,1,11-12,22H2,2-3H3,(H,23,28)/b24-17-. The summed E-state index contributed by atoms with van der Waals surface area (Å²) >= 11 is 11.7. The summed E-state index contributed by atoms with van der Waals surface area (Å²) in [4.78, 5) is 15.1. The van der Waals surface area contributed by atoms with Gasteiger partial charge in [-0.1, -0.05) is 48.5 Å². The third-order valence-corrected chi connectivity index (χ3v) is 4.72. The Hall–Kier alpha value is -2.39. The topological polar surface area (TPSA) is 104 Å². The van der Waals surface area contributed by atoms with Gasteiger partial charge in [0.05, 0.1) is 18.9 Å². The number of nitrogens with zero attached hydrogens (tertiary/aromatic N) is 3. The van der Waals surface area contributed by atoms with Gasteiger partial charge in [-0.05, 0) is 43.3 Å². The Morgan fingerprint density at radius 1 is 1.38 bits per heavy atom. The van der Waals surface area contributed by atoms with Gasteiger partial charge < -0.3 is 15.9 Å². The van der Waals surface area contributed by atoms with E-state index >= 15 is 0 Å². The van der Waals surface area contributed by atoms with Crippen LogP contribution in [0.4, 0.5) is 0 Å². The van der Waals surface area contributed by atoms with E-state index in [0.717, 1.165) is 5.56 Å². The predicted molar refractivity (Wildman–Crippen MR) is 116 cm³/mol. The van der Waals surface area contributed by atoms with Crippen molar-refractivity contribution in [3.8, 4) is 0 Å². The van der Waals surface area contributed by atoms with Crippen molar-refractivity contribution in [2.24, 2.45) is 16.0 Å². The molecular formula is C19H24Cl2N6O2. The molecule has 1 aliphatic heterocycles. The molecule has 1 aromatic rings. The highest BCUT2D eigenvalue weighted by molar-refractivity contribution is 6.68. The fourth-order valence-electron chi connectivity index (χ4n) is 2.35. The number of benzene rings is 1. The van der Waals surface area contributed by atoms with Crippen LogP contribution in [0, 0.1) is 0 Å². The van der Waals surface area contributed by atoms with Crippen LogP contribution in [0.3, 0.4) is 0 Å². The minimum absolute atomic E-state index is 0.0790. The molecule has 1 aliphatic rings. The summed E-state index contributed by atoms with van der Waals surface area (Å²) in [5, 5.41) is 12.4. The molecule has 0 aromatic heterocycles. The quantitative estimate of drug-likeness (QED) is 0.190. The Morgan fingerprint density at radius 2 is 2.07 bits per heavy atom. The number of halogens is 2. The molecule has 4 N–H and O–H groups in total. The van der Waals surface area contributed by atoms with Gasteiger partial charge in [-0.15, -0.1) is 0 Å². The Morgan fingerprint density at radius 3 is 2.69 bits per heavy atom. The number of allylic oxidation sites excluding steroid dienone is 2. The first-order valence-corrected chi connectivity index (χ1v) is 9.53. The molecule has 0 aliphatic carbocycles. The molecular weight excluding hydrogens is 415 g/mol. The highest BCUT2D eigenvalue weighted by Crippen LogP contribution is 2.16. The van der Waals surface area contributed by atoms with Gasteiger partial charge in [0.15, 0.2) is 5.84 Å². The number of nitrogens with one attached hydrogen (secondary N) is 2. The highest BCUT2D eigenvalue weighted by atomic mass is 35.5. The first-order chi connectivity index (χ1) is 13.8. The van der Waals surface area contributed by atoms with E-state index in [0.29, 0.717) is 12.3 Å². The van der Waals surface area contributed by atoms with Crippen LogP contribution in [-0.2, 0) is 16.1 Å². The number of carbonyl (C=O) groups excluding carboxylic acids is 1. The van der Waals surface area contributed by atoms with Crippen molar-refractivity contribution in [2.75, 3.05) is 6.61 Å².